The van der Waals surface area contributed by atoms with Crippen LogP contribution in [-0.2, 0) is 14.9 Å². The van der Waals surface area contributed by atoms with E-state index in [0.29, 0.717) is 13.2 Å². The molecule has 27 heavy (non-hydrogen) atoms. The van der Waals surface area contributed by atoms with Crippen molar-refractivity contribution < 1.29 is 14.4 Å². The number of ether oxygens (including phenoxy) is 2. The van der Waals surface area contributed by atoms with E-state index in [1.54, 1.807) is 12.1 Å². The second kappa shape index (κ2) is 6.62. The fourth-order valence-electron chi connectivity index (χ4n) is 3.83. The summed E-state index contributed by atoms with van der Waals surface area (Å²) in [7, 11) is 0. The third-order valence-electron chi connectivity index (χ3n) is 5.29. The van der Waals surface area contributed by atoms with Crippen molar-refractivity contribution in [1.82, 2.24) is 0 Å². The van der Waals surface area contributed by atoms with Crippen molar-refractivity contribution in [2.45, 2.75) is 44.4 Å². The minimum absolute atomic E-state index is 0.0386. The van der Waals surface area contributed by atoms with Crippen molar-refractivity contribution in [3.63, 3.8) is 0 Å². The molecule has 3 unspecified atom stereocenters. The van der Waals surface area contributed by atoms with Crippen molar-refractivity contribution in [3.05, 3.63) is 69.3 Å². The van der Waals surface area contributed by atoms with Gasteiger partial charge in [-0.2, -0.15) is 0 Å². The summed E-state index contributed by atoms with van der Waals surface area (Å²) in [5, 5.41) is 14.7. The van der Waals surface area contributed by atoms with Crippen molar-refractivity contribution in [2.75, 3.05) is 18.5 Å². The maximum atomic E-state index is 11.2. The van der Waals surface area contributed by atoms with E-state index in [0.717, 1.165) is 16.8 Å². The van der Waals surface area contributed by atoms with Gasteiger partial charge in [-0.25, -0.2) is 0 Å². The molecule has 2 aliphatic rings. The van der Waals surface area contributed by atoms with Gasteiger partial charge >= 0.3 is 0 Å². The first-order chi connectivity index (χ1) is 12.8. The number of nitrogens with zero attached hydrogens (tertiary/aromatic N) is 1. The lowest BCUT2D eigenvalue weighted by molar-refractivity contribution is -0.384. The Kier molecular flexibility index (Phi) is 4.40. The van der Waals surface area contributed by atoms with E-state index in [1.807, 2.05) is 6.07 Å². The molecule has 0 radical (unpaired) electrons. The minimum atomic E-state index is -0.369. The van der Waals surface area contributed by atoms with Crippen LogP contribution < -0.4 is 5.32 Å². The highest BCUT2D eigenvalue weighted by atomic mass is 16.6. The second-order valence-corrected chi connectivity index (χ2v) is 8.15. The van der Waals surface area contributed by atoms with E-state index in [-0.39, 0.29) is 34.3 Å². The predicted octanol–water partition coefficient (Wildman–Crippen LogP) is 4.52. The monoisotopic (exact) mass is 368 g/mol. The molecule has 0 saturated carbocycles. The van der Waals surface area contributed by atoms with Crippen LogP contribution in [0.4, 0.5) is 11.4 Å². The van der Waals surface area contributed by atoms with Crippen LogP contribution in [0, 0.1) is 10.1 Å². The molecule has 2 heterocycles. The molecule has 1 fully saturated rings. The smallest absolute Gasteiger partial charge is 0.269 e. The molecule has 0 aliphatic carbocycles. The number of nitro groups is 1. The highest BCUT2D eigenvalue weighted by Gasteiger charge is 2.41. The molecule has 1 N–H and O–H groups in total. The van der Waals surface area contributed by atoms with Gasteiger partial charge in [-0.3, -0.25) is 10.1 Å². The standard InChI is InChI=1S/C21H24N2O4/c1-21(2,3)14-7-8-17-16(12-14)19-20(27-10-9-26-19)18(22-17)13-5-4-6-15(11-13)23(24)25/h4-8,11-12,18-20,22H,9-10H2,1-3H3. The summed E-state index contributed by atoms with van der Waals surface area (Å²) in [4.78, 5) is 10.8. The number of hydrogen-bond acceptors (Lipinski definition) is 5. The van der Waals surface area contributed by atoms with Gasteiger partial charge in [-0.05, 0) is 22.6 Å². The third-order valence-corrected chi connectivity index (χ3v) is 5.29. The summed E-state index contributed by atoms with van der Waals surface area (Å²) in [6, 6.07) is 12.9. The number of benzene rings is 2. The number of fused-ring (bicyclic) bond motifs is 3. The molecule has 2 aliphatic heterocycles. The van der Waals surface area contributed by atoms with Crippen LogP contribution in [0.25, 0.3) is 0 Å². The van der Waals surface area contributed by atoms with Gasteiger partial charge in [0.25, 0.3) is 5.69 Å². The summed E-state index contributed by atoms with van der Waals surface area (Å²) in [6.07, 6.45) is -0.426. The van der Waals surface area contributed by atoms with E-state index < -0.39 is 0 Å². The van der Waals surface area contributed by atoms with Crippen molar-refractivity contribution in [1.29, 1.82) is 0 Å². The SMILES string of the molecule is CC(C)(C)c1ccc2c(c1)C1OCCOC1C(c1cccc([N+](=O)[O-])c1)N2. The lowest BCUT2D eigenvalue weighted by Crippen LogP contribution is -2.43. The molecule has 6 heteroatoms. The summed E-state index contributed by atoms with van der Waals surface area (Å²) in [6.45, 7) is 7.62. The zero-order chi connectivity index (χ0) is 19.2. The second-order valence-electron chi connectivity index (χ2n) is 8.15. The summed E-state index contributed by atoms with van der Waals surface area (Å²) in [5.41, 5.74) is 4.27. The van der Waals surface area contributed by atoms with Crippen molar-refractivity contribution >= 4 is 11.4 Å². The molecule has 0 amide bonds. The Morgan fingerprint density at radius 3 is 2.63 bits per heavy atom. The molecular weight excluding hydrogens is 344 g/mol. The van der Waals surface area contributed by atoms with E-state index in [1.165, 1.54) is 11.6 Å². The van der Waals surface area contributed by atoms with Gasteiger partial charge in [-0.1, -0.05) is 45.0 Å². The number of hydrogen-bond donors (Lipinski definition) is 1. The third kappa shape index (κ3) is 3.31. The maximum Gasteiger partial charge on any atom is 0.269 e. The number of anilines is 1. The van der Waals surface area contributed by atoms with E-state index in [2.05, 4.69) is 44.3 Å². The van der Waals surface area contributed by atoms with Gasteiger partial charge in [0.15, 0.2) is 0 Å². The van der Waals surface area contributed by atoms with Gasteiger partial charge in [0.1, 0.15) is 12.2 Å². The summed E-state index contributed by atoms with van der Waals surface area (Å²) < 4.78 is 12.2. The van der Waals surface area contributed by atoms with Crippen LogP contribution in [-0.4, -0.2) is 24.2 Å². The first-order valence-corrected chi connectivity index (χ1v) is 9.23. The number of nitrogens with one attached hydrogen (secondary N) is 1. The summed E-state index contributed by atoms with van der Waals surface area (Å²) >= 11 is 0. The van der Waals surface area contributed by atoms with Gasteiger partial charge in [-0.15, -0.1) is 0 Å². The lowest BCUT2D eigenvalue weighted by Gasteiger charge is -2.43. The molecule has 1 saturated heterocycles. The molecule has 3 atom stereocenters. The quantitative estimate of drug-likeness (QED) is 0.623. The Morgan fingerprint density at radius 1 is 1.11 bits per heavy atom. The van der Waals surface area contributed by atoms with Crippen LogP contribution in [0.1, 0.15) is 49.6 Å². The largest absolute Gasteiger partial charge is 0.375 e. The predicted molar refractivity (Wildman–Crippen MR) is 103 cm³/mol. The fourth-order valence-corrected chi connectivity index (χ4v) is 3.83. The molecule has 2 aromatic carbocycles. The van der Waals surface area contributed by atoms with Crippen molar-refractivity contribution in [3.8, 4) is 0 Å². The van der Waals surface area contributed by atoms with Crippen LogP contribution in [0.15, 0.2) is 42.5 Å². The first kappa shape index (κ1) is 17.9. The van der Waals surface area contributed by atoms with Crippen LogP contribution >= 0.6 is 0 Å². The molecule has 0 spiro atoms. The minimum Gasteiger partial charge on any atom is -0.375 e. The zero-order valence-corrected chi connectivity index (χ0v) is 15.8. The Labute approximate surface area is 158 Å². The van der Waals surface area contributed by atoms with E-state index in [9.17, 15) is 10.1 Å². The van der Waals surface area contributed by atoms with Gasteiger partial charge in [0.2, 0.25) is 0 Å². The van der Waals surface area contributed by atoms with Crippen molar-refractivity contribution in [2.24, 2.45) is 0 Å². The highest BCUT2D eigenvalue weighted by Crippen LogP contribution is 2.45. The average molecular weight is 368 g/mol. The summed E-state index contributed by atoms with van der Waals surface area (Å²) in [5.74, 6) is 0. The number of non-ortho nitro benzene ring substituents is 1. The Hall–Kier alpha value is -2.44. The number of nitro benzene ring substituents is 1. The Morgan fingerprint density at radius 2 is 1.89 bits per heavy atom. The Balaban J connectivity index is 1.77. The fraction of sp³-hybridized carbons (Fsp3) is 0.429. The Bertz CT molecular complexity index is 875. The molecule has 0 aromatic heterocycles. The molecule has 142 valence electrons. The lowest BCUT2D eigenvalue weighted by atomic mass is 9.82. The zero-order valence-electron chi connectivity index (χ0n) is 15.8. The first-order valence-electron chi connectivity index (χ1n) is 9.23. The molecule has 4 rings (SSSR count). The topological polar surface area (TPSA) is 73.6 Å². The van der Waals surface area contributed by atoms with E-state index >= 15 is 0 Å². The maximum absolute atomic E-state index is 11.2. The molecule has 6 nitrogen and oxygen atoms in total. The molecule has 0 bridgehead atoms. The van der Waals surface area contributed by atoms with Gasteiger partial charge < -0.3 is 14.8 Å². The van der Waals surface area contributed by atoms with Gasteiger partial charge in [0, 0.05) is 23.4 Å². The van der Waals surface area contributed by atoms with Gasteiger partial charge in [0.05, 0.1) is 24.2 Å². The molecular formula is C21H24N2O4. The highest BCUT2D eigenvalue weighted by molar-refractivity contribution is 5.59. The number of rotatable bonds is 2. The van der Waals surface area contributed by atoms with Crippen LogP contribution in [0.3, 0.4) is 0 Å². The molecule has 2 aromatic rings. The van der Waals surface area contributed by atoms with Crippen LogP contribution in [0.2, 0.25) is 0 Å². The van der Waals surface area contributed by atoms with E-state index in [4.69, 9.17) is 9.47 Å². The normalized spacial score (nSPS) is 24.5. The van der Waals surface area contributed by atoms with Crippen LogP contribution in [0.5, 0.6) is 0 Å². The average Bonchev–Trinajstić information content (AvgIpc) is 2.66.